The Morgan fingerprint density at radius 3 is 2.73 bits per heavy atom. The molecule has 1 N–H and O–H groups in total. The smallest absolute Gasteiger partial charge is 0.267 e. The summed E-state index contributed by atoms with van der Waals surface area (Å²) in [5.41, 5.74) is 1.58. The Balaban J connectivity index is 1.41. The fraction of sp³-hybridized carbons (Fsp3) is 0.167. The van der Waals surface area contributed by atoms with Gasteiger partial charge in [0, 0.05) is 19.4 Å². The largest absolute Gasteiger partial charge is 0.486 e. The number of para-hydroxylation sites is 3. The Bertz CT molecular complexity index is 1530. The van der Waals surface area contributed by atoms with Crippen LogP contribution in [0.25, 0.3) is 27.6 Å². The predicted octanol–water partition coefficient (Wildman–Crippen LogP) is 2.93. The Kier molecular flexibility index (Phi) is 4.46. The average Bonchev–Trinajstić information content (AvgIpc) is 3.35. The van der Waals surface area contributed by atoms with Crippen molar-refractivity contribution in [2.45, 2.75) is 6.10 Å². The third kappa shape index (κ3) is 3.25. The van der Waals surface area contributed by atoms with Crippen molar-refractivity contribution in [1.29, 1.82) is 0 Å². The summed E-state index contributed by atoms with van der Waals surface area (Å²) >= 11 is 0. The van der Waals surface area contributed by atoms with Gasteiger partial charge in [0.15, 0.2) is 23.3 Å². The highest BCUT2D eigenvalue weighted by molar-refractivity contribution is 6.02. The Labute approximate surface area is 188 Å². The molecule has 5 aromatic rings. The molecule has 0 aliphatic carbocycles. The van der Waals surface area contributed by atoms with Gasteiger partial charge in [-0.1, -0.05) is 30.3 Å². The molecule has 33 heavy (non-hydrogen) atoms. The number of likely N-dealkylation sites (N-methyl/N-ethyl adjacent to an activating group) is 1. The fourth-order valence-corrected chi connectivity index (χ4v) is 4.12. The molecule has 2 aromatic carbocycles. The van der Waals surface area contributed by atoms with Crippen molar-refractivity contribution in [1.82, 2.24) is 24.7 Å². The number of nitrogens with one attached hydrogen (secondary N) is 1. The quantitative estimate of drug-likeness (QED) is 0.459. The second kappa shape index (κ2) is 7.63. The van der Waals surface area contributed by atoms with E-state index in [0.29, 0.717) is 41.0 Å². The number of fused-ring (bicyclic) bond motifs is 4. The van der Waals surface area contributed by atoms with Crippen LogP contribution < -0.4 is 19.9 Å². The maximum Gasteiger partial charge on any atom is 0.267 e. The van der Waals surface area contributed by atoms with Gasteiger partial charge in [-0.3, -0.25) is 14.5 Å². The van der Waals surface area contributed by atoms with E-state index in [1.807, 2.05) is 66.5 Å². The zero-order chi connectivity index (χ0) is 22.4. The number of H-pyrrole nitrogens is 1. The SMILES string of the molecule is CN(CC1COc2ccccc2O1)c1ncc2c3n[nH]cc3c(=O)n(-c3ccccc3)c2n1. The molecule has 3 aromatic heterocycles. The molecule has 0 saturated carbocycles. The number of hydrogen-bond donors (Lipinski definition) is 1. The maximum atomic E-state index is 13.3. The highest BCUT2D eigenvalue weighted by atomic mass is 16.6. The first kappa shape index (κ1) is 19.3. The summed E-state index contributed by atoms with van der Waals surface area (Å²) in [4.78, 5) is 24.5. The highest BCUT2D eigenvalue weighted by Gasteiger charge is 2.24. The monoisotopic (exact) mass is 440 g/mol. The maximum absolute atomic E-state index is 13.3. The molecular weight excluding hydrogens is 420 g/mol. The van der Waals surface area contributed by atoms with Crippen molar-refractivity contribution in [2.24, 2.45) is 0 Å². The zero-order valence-corrected chi connectivity index (χ0v) is 17.8. The van der Waals surface area contributed by atoms with Gasteiger partial charge in [0.1, 0.15) is 12.1 Å². The third-order valence-electron chi connectivity index (χ3n) is 5.70. The number of ether oxygens (including phenoxy) is 2. The van der Waals surface area contributed by atoms with Crippen LogP contribution in [0.3, 0.4) is 0 Å². The lowest BCUT2D eigenvalue weighted by atomic mass is 10.2. The van der Waals surface area contributed by atoms with E-state index in [-0.39, 0.29) is 11.7 Å². The summed E-state index contributed by atoms with van der Waals surface area (Å²) in [6.45, 7) is 0.942. The number of benzene rings is 2. The molecule has 0 saturated heterocycles. The van der Waals surface area contributed by atoms with E-state index in [4.69, 9.17) is 14.5 Å². The van der Waals surface area contributed by atoms with E-state index >= 15 is 0 Å². The molecule has 0 bridgehead atoms. The standard InChI is InChI=1S/C24H20N6O3/c1-29(13-16-14-32-19-9-5-6-10-20(19)33-16)24-25-11-17-21-18(12-26-28-21)23(31)30(22(17)27-24)15-7-3-2-4-8-15/h2-12,16H,13-14H2,1H3,(H,26,28). The zero-order valence-electron chi connectivity index (χ0n) is 17.8. The van der Waals surface area contributed by atoms with Gasteiger partial charge < -0.3 is 14.4 Å². The number of aromatic nitrogens is 5. The lowest BCUT2D eigenvalue weighted by Crippen LogP contribution is -2.40. The molecule has 0 spiro atoms. The van der Waals surface area contributed by atoms with Crippen LogP contribution in [0.4, 0.5) is 5.95 Å². The van der Waals surface area contributed by atoms with Gasteiger partial charge in [0.25, 0.3) is 5.56 Å². The summed E-state index contributed by atoms with van der Waals surface area (Å²) < 4.78 is 13.5. The first-order valence-electron chi connectivity index (χ1n) is 10.6. The van der Waals surface area contributed by atoms with E-state index in [0.717, 1.165) is 17.2 Å². The van der Waals surface area contributed by atoms with E-state index in [9.17, 15) is 4.79 Å². The molecule has 0 fully saturated rings. The topological polar surface area (TPSA) is 98.2 Å². The molecule has 1 unspecified atom stereocenters. The molecule has 1 aliphatic heterocycles. The normalized spacial score (nSPS) is 15.1. The second-order valence-corrected chi connectivity index (χ2v) is 7.91. The first-order chi connectivity index (χ1) is 16.2. The Morgan fingerprint density at radius 1 is 1.09 bits per heavy atom. The van der Waals surface area contributed by atoms with Gasteiger partial charge in [-0.2, -0.15) is 10.1 Å². The van der Waals surface area contributed by atoms with Crippen LogP contribution in [0.5, 0.6) is 11.5 Å². The van der Waals surface area contributed by atoms with Crippen molar-refractivity contribution in [2.75, 3.05) is 25.1 Å². The van der Waals surface area contributed by atoms with Crippen molar-refractivity contribution < 1.29 is 9.47 Å². The van der Waals surface area contributed by atoms with Crippen LogP contribution in [0.1, 0.15) is 0 Å². The summed E-state index contributed by atoms with van der Waals surface area (Å²) in [5.74, 6) is 1.94. The van der Waals surface area contributed by atoms with Crippen molar-refractivity contribution in [3.8, 4) is 17.2 Å². The summed E-state index contributed by atoms with van der Waals surface area (Å²) in [6.07, 6.45) is 3.13. The lowest BCUT2D eigenvalue weighted by molar-refractivity contribution is 0.0958. The van der Waals surface area contributed by atoms with E-state index in [1.165, 1.54) is 0 Å². The van der Waals surface area contributed by atoms with Gasteiger partial charge in [-0.05, 0) is 24.3 Å². The van der Waals surface area contributed by atoms with Crippen LogP contribution in [0, 0.1) is 0 Å². The summed E-state index contributed by atoms with van der Waals surface area (Å²) in [7, 11) is 1.89. The fourth-order valence-electron chi connectivity index (χ4n) is 4.12. The Hall–Kier alpha value is -4.40. The molecule has 1 atom stereocenters. The predicted molar refractivity (Wildman–Crippen MR) is 124 cm³/mol. The number of pyridine rings is 1. The van der Waals surface area contributed by atoms with E-state index < -0.39 is 0 Å². The molecule has 6 rings (SSSR count). The molecule has 0 amide bonds. The molecular formula is C24H20N6O3. The summed E-state index contributed by atoms with van der Waals surface area (Å²) in [5, 5.41) is 8.23. The van der Waals surface area contributed by atoms with Crippen molar-refractivity contribution in [3.63, 3.8) is 0 Å². The number of anilines is 1. The number of rotatable bonds is 4. The van der Waals surface area contributed by atoms with Crippen molar-refractivity contribution >= 4 is 27.9 Å². The number of nitrogens with zero attached hydrogens (tertiary/aromatic N) is 5. The lowest BCUT2D eigenvalue weighted by Gasteiger charge is -2.29. The van der Waals surface area contributed by atoms with Crippen LogP contribution in [-0.2, 0) is 0 Å². The van der Waals surface area contributed by atoms with Crippen LogP contribution >= 0.6 is 0 Å². The van der Waals surface area contributed by atoms with E-state index in [1.54, 1.807) is 17.0 Å². The molecule has 0 radical (unpaired) electrons. The second-order valence-electron chi connectivity index (χ2n) is 7.91. The molecule has 9 heteroatoms. The third-order valence-corrected chi connectivity index (χ3v) is 5.70. The minimum atomic E-state index is -0.189. The molecule has 9 nitrogen and oxygen atoms in total. The first-order valence-corrected chi connectivity index (χ1v) is 10.6. The molecule has 1 aliphatic rings. The van der Waals surface area contributed by atoms with Gasteiger partial charge in [0.05, 0.1) is 23.0 Å². The average molecular weight is 440 g/mol. The van der Waals surface area contributed by atoms with E-state index in [2.05, 4.69) is 15.2 Å². The van der Waals surface area contributed by atoms with Gasteiger partial charge >= 0.3 is 0 Å². The van der Waals surface area contributed by atoms with Gasteiger partial charge in [-0.25, -0.2) is 4.98 Å². The Morgan fingerprint density at radius 2 is 1.88 bits per heavy atom. The molecule has 164 valence electrons. The number of hydrogen-bond acceptors (Lipinski definition) is 7. The summed E-state index contributed by atoms with van der Waals surface area (Å²) in [6, 6.07) is 17.1. The van der Waals surface area contributed by atoms with Gasteiger partial charge in [0.2, 0.25) is 5.95 Å². The highest BCUT2D eigenvalue weighted by Crippen LogP contribution is 2.31. The molecule has 4 heterocycles. The van der Waals surface area contributed by atoms with Crippen LogP contribution in [0.15, 0.2) is 71.8 Å². The van der Waals surface area contributed by atoms with Crippen LogP contribution in [0.2, 0.25) is 0 Å². The minimum absolute atomic E-state index is 0.186. The minimum Gasteiger partial charge on any atom is -0.486 e. The van der Waals surface area contributed by atoms with Crippen molar-refractivity contribution in [3.05, 3.63) is 77.3 Å². The number of aromatic amines is 1. The van der Waals surface area contributed by atoms with Crippen LogP contribution in [-0.4, -0.2) is 51.0 Å². The van der Waals surface area contributed by atoms with Gasteiger partial charge in [-0.15, -0.1) is 0 Å².